The van der Waals surface area contributed by atoms with Crippen LogP contribution in [0, 0.1) is 0 Å². The second-order valence-electron chi connectivity index (χ2n) is 5.77. The van der Waals surface area contributed by atoms with Crippen LogP contribution in [0.3, 0.4) is 0 Å². The van der Waals surface area contributed by atoms with Gasteiger partial charge in [0.25, 0.3) is 5.56 Å². The van der Waals surface area contributed by atoms with Crippen molar-refractivity contribution < 1.29 is 0 Å². The highest BCUT2D eigenvalue weighted by Gasteiger charge is 2.11. The van der Waals surface area contributed by atoms with Crippen LogP contribution in [0.5, 0.6) is 0 Å². The third-order valence-electron chi connectivity index (χ3n) is 3.83. The van der Waals surface area contributed by atoms with Gasteiger partial charge in [-0.15, -0.1) is 5.10 Å². The van der Waals surface area contributed by atoms with Crippen LogP contribution >= 0.6 is 11.3 Å². The summed E-state index contributed by atoms with van der Waals surface area (Å²) in [6, 6.07) is 11.7. The maximum atomic E-state index is 12.6. The van der Waals surface area contributed by atoms with E-state index in [1.165, 1.54) is 15.9 Å². The van der Waals surface area contributed by atoms with E-state index in [-0.39, 0.29) is 5.56 Å². The molecule has 0 saturated heterocycles. The Balaban J connectivity index is 1.75. The average molecular weight is 349 g/mol. The van der Waals surface area contributed by atoms with E-state index >= 15 is 0 Å². The summed E-state index contributed by atoms with van der Waals surface area (Å²) in [5.74, 6) is 0.535. The maximum Gasteiger partial charge on any atom is 0.291 e. The van der Waals surface area contributed by atoms with Gasteiger partial charge in [0.1, 0.15) is 0 Å². The summed E-state index contributed by atoms with van der Waals surface area (Å²) in [7, 11) is 3.99. The van der Waals surface area contributed by atoms with Gasteiger partial charge in [0.05, 0.1) is 4.53 Å². The lowest BCUT2D eigenvalue weighted by molar-refractivity contribution is 0.936. The summed E-state index contributed by atoms with van der Waals surface area (Å²) in [6.45, 7) is 0. The van der Waals surface area contributed by atoms with E-state index in [2.05, 4.69) is 15.1 Å². The molecule has 25 heavy (non-hydrogen) atoms. The van der Waals surface area contributed by atoms with E-state index in [9.17, 15) is 4.79 Å². The third-order valence-corrected chi connectivity index (χ3v) is 4.79. The van der Waals surface area contributed by atoms with Crippen LogP contribution in [0.15, 0.2) is 53.6 Å². The minimum absolute atomic E-state index is 0.149. The second kappa shape index (κ2) is 6.10. The van der Waals surface area contributed by atoms with Gasteiger partial charge in [-0.05, 0) is 35.9 Å². The molecule has 0 unspecified atom stereocenters. The van der Waals surface area contributed by atoms with Crippen LogP contribution < -0.4 is 15.0 Å². The number of anilines is 1. The highest BCUT2D eigenvalue weighted by atomic mass is 32.1. The molecule has 4 rings (SSSR count). The Bertz CT molecular complexity index is 1130. The number of benzene rings is 1. The minimum atomic E-state index is -0.149. The summed E-state index contributed by atoms with van der Waals surface area (Å²) < 4.78 is 1.98. The lowest BCUT2D eigenvalue weighted by atomic mass is 10.2. The van der Waals surface area contributed by atoms with Gasteiger partial charge in [-0.2, -0.15) is 9.50 Å². The summed E-state index contributed by atoms with van der Waals surface area (Å²) in [5, 5.41) is 4.33. The van der Waals surface area contributed by atoms with Crippen molar-refractivity contribution in [3.63, 3.8) is 0 Å². The van der Waals surface area contributed by atoms with E-state index in [1.807, 2.05) is 61.5 Å². The molecule has 0 atom stereocenters. The molecule has 4 aromatic rings. The smallest absolute Gasteiger partial charge is 0.291 e. The normalized spacial score (nSPS) is 12.0. The Hall–Kier alpha value is -3.06. The topological polar surface area (TPSA) is 63.4 Å². The fourth-order valence-corrected chi connectivity index (χ4v) is 3.38. The van der Waals surface area contributed by atoms with Gasteiger partial charge in [-0.3, -0.25) is 9.78 Å². The molecule has 6 nitrogen and oxygen atoms in total. The van der Waals surface area contributed by atoms with Crippen molar-refractivity contribution in [1.29, 1.82) is 0 Å². The fourth-order valence-electron chi connectivity index (χ4n) is 2.48. The molecule has 0 bridgehead atoms. The van der Waals surface area contributed by atoms with Crippen LogP contribution in [-0.4, -0.2) is 33.7 Å². The van der Waals surface area contributed by atoms with Crippen molar-refractivity contribution in [2.24, 2.45) is 0 Å². The van der Waals surface area contributed by atoms with Crippen molar-refractivity contribution in [1.82, 2.24) is 19.6 Å². The van der Waals surface area contributed by atoms with Crippen LogP contribution in [-0.2, 0) is 0 Å². The Morgan fingerprint density at radius 2 is 1.80 bits per heavy atom. The Labute approximate surface area is 147 Å². The lowest BCUT2D eigenvalue weighted by Gasteiger charge is -2.11. The average Bonchev–Trinajstić information content (AvgIpc) is 3.16. The molecule has 0 spiro atoms. The quantitative estimate of drug-likeness (QED) is 0.565. The number of hydrogen-bond donors (Lipinski definition) is 0. The molecule has 7 heteroatoms. The van der Waals surface area contributed by atoms with Gasteiger partial charge in [0.2, 0.25) is 4.96 Å². The monoisotopic (exact) mass is 349 g/mol. The molecular formula is C18H15N5OS. The summed E-state index contributed by atoms with van der Waals surface area (Å²) >= 11 is 1.34. The first kappa shape index (κ1) is 15.5. The molecule has 3 heterocycles. The molecule has 1 aromatic carbocycles. The number of aromatic nitrogens is 4. The number of nitrogens with zero attached hydrogens (tertiary/aromatic N) is 5. The van der Waals surface area contributed by atoms with Gasteiger partial charge < -0.3 is 4.90 Å². The van der Waals surface area contributed by atoms with Crippen molar-refractivity contribution in [2.75, 3.05) is 19.0 Å². The Kier molecular flexibility index (Phi) is 3.77. The van der Waals surface area contributed by atoms with Crippen molar-refractivity contribution >= 4 is 28.1 Å². The zero-order valence-electron chi connectivity index (χ0n) is 13.7. The summed E-state index contributed by atoms with van der Waals surface area (Å²) in [4.78, 5) is 23.6. The van der Waals surface area contributed by atoms with Gasteiger partial charge in [0.15, 0.2) is 5.82 Å². The van der Waals surface area contributed by atoms with E-state index < -0.39 is 0 Å². The predicted molar refractivity (Wildman–Crippen MR) is 99.9 cm³/mol. The Morgan fingerprint density at radius 1 is 1.08 bits per heavy atom. The molecule has 0 saturated carbocycles. The SMILES string of the molecule is CN(C)c1ccc(C=c2sc3nc(-c4ccncc4)nn3c2=O)cc1. The molecule has 0 radical (unpaired) electrons. The van der Waals surface area contributed by atoms with E-state index in [0.29, 0.717) is 15.3 Å². The van der Waals surface area contributed by atoms with Crippen molar-refractivity contribution in [3.05, 3.63) is 69.2 Å². The van der Waals surface area contributed by atoms with Gasteiger partial charge in [0, 0.05) is 37.7 Å². The standard InChI is InChI=1S/C18H15N5OS/c1-22(2)14-5-3-12(4-6-14)11-15-17(24)23-18(25-15)20-16(21-23)13-7-9-19-10-8-13/h3-11H,1-2H3. The van der Waals surface area contributed by atoms with Crippen molar-refractivity contribution in [2.45, 2.75) is 0 Å². The van der Waals surface area contributed by atoms with E-state index in [0.717, 1.165) is 16.8 Å². The first-order valence-electron chi connectivity index (χ1n) is 7.71. The fraction of sp³-hybridized carbons (Fsp3) is 0.111. The van der Waals surface area contributed by atoms with Crippen molar-refractivity contribution in [3.8, 4) is 11.4 Å². The first-order chi connectivity index (χ1) is 12.1. The molecule has 0 aliphatic heterocycles. The number of rotatable bonds is 3. The number of thiazole rings is 1. The summed E-state index contributed by atoms with van der Waals surface area (Å²) in [6.07, 6.45) is 5.23. The van der Waals surface area contributed by atoms with Crippen LogP contribution in [0.1, 0.15) is 5.56 Å². The second-order valence-corrected chi connectivity index (χ2v) is 6.78. The lowest BCUT2D eigenvalue weighted by Crippen LogP contribution is -2.23. The zero-order chi connectivity index (χ0) is 17.4. The molecule has 0 N–H and O–H groups in total. The molecular weight excluding hydrogens is 334 g/mol. The van der Waals surface area contributed by atoms with Crippen LogP contribution in [0.25, 0.3) is 22.4 Å². The van der Waals surface area contributed by atoms with Gasteiger partial charge in [-0.25, -0.2) is 0 Å². The zero-order valence-corrected chi connectivity index (χ0v) is 14.6. The molecule has 0 fully saturated rings. The number of hydrogen-bond acceptors (Lipinski definition) is 6. The molecule has 3 aromatic heterocycles. The highest BCUT2D eigenvalue weighted by Crippen LogP contribution is 2.15. The van der Waals surface area contributed by atoms with E-state index in [4.69, 9.17) is 0 Å². The predicted octanol–water partition coefficient (Wildman–Crippen LogP) is 1.83. The maximum absolute atomic E-state index is 12.6. The van der Waals surface area contributed by atoms with Gasteiger partial charge >= 0.3 is 0 Å². The van der Waals surface area contributed by atoms with Crippen LogP contribution in [0.4, 0.5) is 5.69 Å². The largest absolute Gasteiger partial charge is 0.378 e. The third kappa shape index (κ3) is 2.89. The molecule has 0 aliphatic carbocycles. The highest BCUT2D eigenvalue weighted by molar-refractivity contribution is 7.15. The molecule has 124 valence electrons. The summed E-state index contributed by atoms with van der Waals surface area (Å²) in [5.41, 5.74) is 2.78. The number of fused-ring (bicyclic) bond motifs is 1. The van der Waals surface area contributed by atoms with Crippen LogP contribution in [0.2, 0.25) is 0 Å². The number of pyridine rings is 1. The van der Waals surface area contributed by atoms with Gasteiger partial charge in [-0.1, -0.05) is 23.5 Å². The first-order valence-corrected chi connectivity index (χ1v) is 8.52. The molecule has 0 aliphatic rings. The van der Waals surface area contributed by atoms with E-state index in [1.54, 1.807) is 12.4 Å². The minimum Gasteiger partial charge on any atom is -0.378 e. The molecule has 0 amide bonds. The Morgan fingerprint density at radius 3 is 2.44 bits per heavy atom.